The van der Waals surface area contributed by atoms with E-state index < -0.39 is 5.97 Å². The first-order chi connectivity index (χ1) is 7.43. The summed E-state index contributed by atoms with van der Waals surface area (Å²) < 4.78 is 5.52. The van der Waals surface area contributed by atoms with Gasteiger partial charge in [0.25, 0.3) is 0 Å². The van der Waals surface area contributed by atoms with Crippen LogP contribution < -0.4 is 0 Å². The number of benzene rings is 1. The lowest BCUT2D eigenvalue weighted by molar-refractivity contribution is 0.0296. The SMILES string of the molecule is C[C@@H]1Cc2c(Br)c(O)c(Br)c(O)c2C(=O)O1. The second-order valence-corrected chi connectivity index (χ2v) is 5.18. The van der Waals surface area contributed by atoms with Crippen molar-refractivity contribution in [1.82, 2.24) is 0 Å². The number of carbonyl (C=O) groups is 1. The summed E-state index contributed by atoms with van der Waals surface area (Å²) in [6, 6.07) is 0. The molecule has 1 aliphatic rings. The highest BCUT2D eigenvalue weighted by atomic mass is 79.9. The third-order valence-corrected chi connectivity index (χ3v) is 4.04. The number of halogens is 2. The van der Waals surface area contributed by atoms with E-state index in [0.717, 1.165) is 0 Å². The maximum absolute atomic E-state index is 11.6. The molecule has 4 nitrogen and oxygen atoms in total. The fourth-order valence-corrected chi connectivity index (χ4v) is 2.92. The van der Waals surface area contributed by atoms with Crippen LogP contribution in [0.2, 0.25) is 0 Å². The summed E-state index contributed by atoms with van der Waals surface area (Å²) in [5.41, 5.74) is 0.677. The van der Waals surface area contributed by atoms with E-state index in [1.807, 2.05) is 0 Å². The van der Waals surface area contributed by atoms with E-state index in [9.17, 15) is 15.0 Å². The highest BCUT2D eigenvalue weighted by Crippen LogP contribution is 2.46. The molecular formula is C10H8Br2O4. The molecule has 0 saturated carbocycles. The van der Waals surface area contributed by atoms with Crippen LogP contribution in [0.3, 0.4) is 0 Å². The normalized spacial score (nSPS) is 19.2. The molecule has 16 heavy (non-hydrogen) atoms. The van der Waals surface area contributed by atoms with E-state index in [4.69, 9.17) is 4.74 Å². The molecule has 2 N–H and O–H groups in total. The number of phenolic OH excluding ortho intramolecular Hbond substituents is 2. The molecule has 1 atom stereocenters. The van der Waals surface area contributed by atoms with Gasteiger partial charge in [0.15, 0.2) is 0 Å². The van der Waals surface area contributed by atoms with Gasteiger partial charge in [0, 0.05) is 6.42 Å². The Kier molecular flexibility index (Phi) is 2.88. The number of hydrogen-bond donors (Lipinski definition) is 2. The Morgan fingerprint density at radius 1 is 1.25 bits per heavy atom. The molecule has 0 aliphatic carbocycles. The number of fused-ring (bicyclic) bond motifs is 1. The van der Waals surface area contributed by atoms with E-state index in [2.05, 4.69) is 31.9 Å². The zero-order valence-electron chi connectivity index (χ0n) is 8.25. The first-order valence-electron chi connectivity index (χ1n) is 4.56. The lowest BCUT2D eigenvalue weighted by Gasteiger charge is -2.24. The van der Waals surface area contributed by atoms with Crippen molar-refractivity contribution in [2.45, 2.75) is 19.4 Å². The van der Waals surface area contributed by atoms with Crippen LogP contribution in [0.25, 0.3) is 0 Å². The second-order valence-electron chi connectivity index (χ2n) is 3.60. The van der Waals surface area contributed by atoms with Crippen LogP contribution in [0.5, 0.6) is 11.5 Å². The van der Waals surface area contributed by atoms with Gasteiger partial charge in [0.2, 0.25) is 0 Å². The van der Waals surface area contributed by atoms with E-state index in [0.29, 0.717) is 16.5 Å². The molecule has 6 heteroatoms. The number of ether oxygens (including phenoxy) is 1. The monoisotopic (exact) mass is 350 g/mol. The Morgan fingerprint density at radius 3 is 2.50 bits per heavy atom. The summed E-state index contributed by atoms with van der Waals surface area (Å²) in [5, 5.41) is 19.5. The zero-order valence-corrected chi connectivity index (χ0v) is 11.4. The van der Waals surface area contributed by atoms with Crippen molar-refractivity contribution in [3.8, 4) is 11.5 Å². The Bertz CT molecular complexity index is 484. The largest absolute Gasteiger partial charge is 0.506 e. The number of cyclic esters (lactones) is 1. The minimum atomic E-state index is -0.576. The average molecular weight is 352 g/mol. The van der Waals surface area contributed by atoms with Gasteiger partial charge in [0.1, 0.15) is 27.6 Å². The number of rotatable bonds is 0. The second kappa shape index (κ2) is 3.92. The zero-order chi connectivity index (χ0) is 12.0. The number of aromatic hydroxyl groups is 2. The standard InChI is InChI=1S/C10H8Br2O4/c1-3-2-4-5(10(15)16-3)8(13)7(12)9(14)6(4)11/h3,13-14H,2H2,1H3/t3-/m1/s1. The summed E-state index contributed by atoms with van der Waals surface area (Å²) >= 11 is 6.22. The van der Waals surface area contributed by atoms with Crippen molar-refractivity contribution >= 4 is 37.8 Å². The fraction of sp³-hybridized carbons (Fsp3) is 0.300. The number of hydrogen-bond acceptors (Lipinski definition) is 4. The van der Waals surface area contributed by atoms with Gasteiger partial charge in [-0.2, -0.15) is 0 Å². The van der Waals surface area contributed by atoms with Crippen molar-refractivity contribution in [3.05, 3.63) is 20.1 Å². The lowest BCUT2D eigenvalue weighted by atomic mass is 9.98. The maximum atomic E-state index is 11.6. The summed E-state index contributed by atoms with van der Waals surface area (Å²) in [6.45, 7) is 1.75. The van der Waals surface area contributed by atoms with Crippen LogP contribution in [0.4, 0.5) is 0 Å². The van der Waals surface area contributed by atoms with Crippen LogP contribution in [0.15, 0.2) is 8.95 Å². The first kappa shape index (κ1) is 11.7. The molecule has 0 fully saturated rings. The summed E-state index contributed by atoms with van der Waals surface area (Å²) in [7, 11) is 0. The van der Waals surface area contributed by atoms with E-state index in [1.165, 1.54) is 0 Å². The van der Waals surface area contributed by atoms with Crippen molar-refractivity contribution in [2.75, 3.05) is 0 Å². The van der Waals surface area contributed by atoms with Gasteiger partial charge in [-0.25, -0.2) is 4.79 Å². The Hall–Kier alpha value is -0.750. The number of carbonyl (C=O) groups excluding carboxylic acids is 1. The Labute approximate surface area is 108 Å². The van der Waals surface area contributed by atoms with Crippen LogP contribution in [0.1, 0.15) is 22.8 Å². The smallest absolute Gasteiger partial charge is 0.342 e. The van der Waals surface area contributed by atoms with Gasteiger partial charge in [0.05, 0.1) is 4.47 Å². The van der Waals surface area contributed by atoms with E-state index in [-0.39, 0.29) is 27.6 Å². The lowest BCUT2D eigenvalue weighted by Crippen LogP contribution is -2.25. The Morgan fingerprint density at radius 2 is 1.88 bits per heavy atom. The molecule has 0 unspecified atom stereocenters. The Balaban J connectivity index is 2.76. The molecule has 0 radical (unpaired) electrons. The number of phenols is 2. The first-order valence-corrected chi connectivity index (χ1v) is 6.14. The van der Waals surface area contributed by atoms with Gasteiger partial charge in [-0.15, -0.1) is 0 Å². The van der Waals surface area contributed by atoms with Crippen molar-refractivity contribution in [2.24, 2.45) is 0 Å². The van der Waals surface area contributed by atoms with Crippen molar-refractivity contribution in [1.29, 1.82) is 0 Å². The third kappa shape index (κ3) is 1.60. The van der Waals surface area contributed by atoms with Gasteiger partial charge in [-0.3, -0.25) is 0 Å². The minimum absolute atomic E-state index is 0.0876. The highest BCUT2D eigenvalue weighted by molar-refractivity contribution is 9.11. The minimum Gasteiger partial charge on any atom is -0.506 e. The molecule has 1 aromatic carbocycles. The maximum Gasteiger partial charge on any atom is 0.342 e. The predicted octanol–water partition coefficient (Wildman–Crippen LogP) is 2.72. The predicted molar refractivity (Wildman–Crippen MR) is 63.8 cm³/mol. The molecule has 0 bridgehead atoms. The topological polar surface area (TPSA) is 66.8 Å². The molecule has 0 spiro atoms. The van der Waals surface area contributed by atoms with Crippen LogP contribution in [0, 0.1) is 0 Å². The van der Waals surface area contributed by atoms with Crippen molar-refractivity contribution < 1.29 is 19.7 Å². The molecule has 2 rings (SSSR count). The van der Waals surface area contributed by atoms with Crippen molar-refractivity contribution in [3.63, 3.8) is 0 Å². The highest BCUT2D eigenvalue weighted by Gasteiger charge is 2.32. The molecule has 1 aromatic rings. The fourth-order valence-electron chi connectivity index (χ4n) is 1.70. The van der Waals surface area contributed by atoms with Crippen LogP contribution in [-0.4, -0.2) is 22.3 Å². The van der Waals surface area contributed by atoms with Gasteiger partial charge in [-0.05, 0) is 44.3 Å². The van der Waals surface area contributed by atoms with Gasteiger partial charge in [-0.1, -0.05) is 0 Å². The molecule has 1 aliphatic heterocycles. The molecule has 0 aromatic heterocycles. The quantitative estimate of drug-likeness (QED) is 0.705. The van der Waals surface area contributed by atoms with Crippen LogP contribution in [-0.2, 0) is 11.2 Å². The van der Waals surface area contributed by atoms with Gasteiger partial charge < -0.3 is 14.9 Å². The van der Waals surface area contributed by atoms with Crippen LogP contribution >= 0.6 is 31.9 Å². The third-order valence-electron chi connectivity index (χ3n) is 2.43. The number of esters is 1. The average Bonchev–Trinajstić information content (AvgIpc) is 2.22. The van der Waals surface area contributed by atoms with Gasteiger partial charge >= 0.3 is 5.97 Å². The molecular weight excluding hydrogens is 344 g/mol. The molecule has 0 amide bonds. The summed E-state index contributed by atoms with van der Waals surface area (Å²) in [6.07, 6.45) is 0.187. The van der Waals surface area contributed by atoms with E-state index >= 15 is 0 Å². The molecule has 1 heterocycles. The summed E-state index contributed by atoms with van der Waals surface area (Å²) in [5.74, 6) is -0.974. The molecule has 0 saturated heterocycles. The van der Waals surface area contributed by atoms with E-state index in [1.54, 1.807) is 6.92 Å². The summed E-state index contributed by atoms with van der Waals surface area (Å²) in [4.78, 5) is 11.6. The molecule has 86 valence electrons.